The Kier molecular flexibility index (Phi) is 6.74. The quantitative estimate of drug-likeness (QED) is 0.392. The average Bonchev–Trinajstić information content (AvgIpc) is 3.37. The molecular formula is C21H19ClF3N7O3. The van der Waals surface area contributed by atoms with Crippen LogP contribution < -0.4 is 5.69 Å². The predicted molar refractivity (Wildman–Crippen MR) is 118 cm³/mol. The van der Waals surface area contributed by atoms with E-state index in [4.69, 9.17) is 11.6 Å². The van der Waals surface area contributed by atoms with E-state index >= 15 is 0 Å². The molecule has 0 unspecified atom stereocenters. The standard InChI is InChI=1S/C21H19ClF3N7O3/c1-12(33)18-27-16(28-32(18)17-4-2-3-9-26-17)11-31-20(35)30(10-15(34)21(23,24)25)19(29-31)13-5-7-14(22)8-6-13/h2-9,12,15,33-34H,10-11H2,1H3/t12-,15+/m1/s1. The van der Waals surface area contributed by atoms with Gasteiger partial charge in [-0.1, -0.05) is 17.7 Å². The Hall–Kier alpha value is -3.55. The Morgan fingerprint density at radius 2 is 1.80 bits per heavy atom. The highest BCUT2D eigenvalue weighted by molar-refractivity contribution is 6.30. The molecule has 0 amide bonds. The minimum Gasteiger partial charge on any atom is -0.385 e. The van der Waals surface area contributed by atoms with E-state index in [0.29, 0.717) is 16.4 Å². The lowest BCUT2D eigenvalue weighted by Gasteiger charge is -2.15. The van der Waals surface area contributed by atoms with Crippen molar-refractivity contribution >= 4 is 11.6 Å². The first kappa shape index (κ1) is 24.6. The third kappa shape index (κ3) is 5.26. The van der Waals surface area contributed by atoms with Gasteiger partial charge in [-0.2, -0.15) is 17.9 Å². The summed E-state index contributed by atoms with van der Waals surface area (Å²) < 4.78 is 42.0. The van der Waals surface area contributed by atoms with Gasteiger partial charge >= 0.3 is 11.9 Å². The first-order chi connectivity index (χ1) is 16.5. The number of aromatic nitrogens is 7. The summed E-state index contributed by atoms with van der Waals surface area (Å²) in [6, 6.07) is 11.0. The highest BCUT2D eigenvalue weighted by atomic mass is 35.5. The number of hydrogen-bond donors (Lipinski definition) is 2. The highest BCUT2D eigenvalue weighted by Gasteiger charge is 2.39. The zero-order valence-corrected chi connectivity index (χ0v) is 18.9. The van der Waals surface area contributed by atoms with E-state index in [-0.39, 0.29) is 24.0 Å². The molecule has 0 aliphatic carbocycles. The third-order valence-corrected chi connectivity index (χ3v) is 5.22. The van der Waals surface area contributed by atoms with Crippen molar-refractivity contribution in [3.63, 3.8) is 0 Å². The van der Waals surface area contributed by atoms with E-state index in [0.717, 1.165) is 9.25 Å². The first-order valence-electron chi connectivity index (χ1n) is 10.3. The van der Waals surface area contributed by atoms with Crippen LogP contribution in [0.4, 0.5) is 13.2 Å². The summed E-state index contributed by atoms with van der Waals surface area (Å²) in [7, 11) is 0. The Balaban J connectivity index is 1.76. The smallest absolute Gasteiger partial charge is 0.385 e. The van der Waals surface area contributed by atoms with Crippen molar-refractivity contribution in [1.29, 1.82) is 0 Å². The molecule has 4 aromatic rings. The number of alkyl halides is 3. The molecule has 1 aromatic carbocycles. The molecule has 14 heteroatoms. The molecule has 2 N–H and O–H groups in total. The monoisotopic (exact) mass is 509 g/mol. The van der Waals surface area contributed by atoms with Crippen LogP contribution in [-0.4, -0.2) is 56.6 Å². The average molecular weight is 510 g/mol. The van der Waals surface area contributed by atoms with Gasteiger partial charge in [-0.3, -0.25) is 4.57 Å². The lowest BCUT2D eigenvalue weighted by Crippen LogP contribution is -2.37. The zero-order chi connectivity index (χ0) is 25.3. The van der Waals surface area contributed by atoms with Crippen LogP contribution in [0, 0.1) is 0 Å². The summed E-state index contributed by atoms with van der Waals surface area (Å²) in [5.41, 5.74) is -0.595. The van der Waals surface area contributed by atoms with Gasteiger partial charge in [0, 0.05) is 16.8 Å². The van der Waals surface area contributed by atoms with E-state index in [1.54, 1.807) is 18.2 Å². The summed E-state index contributed by atoms with van der Waals surface area (Å²) >= 11 is 5.89. The molecule has 0 aliphatic heterocycles. The van der Waals surface area contributed by atoms with Crippen LogP contribution in [0.2, 0.25) is 5.02 Å². The van der Waals surface area contributed by atoms with Crippen molar-refractivity contribution in [2.24, 2.45) is 0 Å². The second-order valence-electron chi connectivity index (χ2n) is 7.60. The number of hydrogen-bond acceptors (Lipinski definition) is 7. The minimum absolute atomic E-state index is 0.0670. The molecule has 184 valence electrons. The Labute approximate surface area is 200 Å². The number of rotatable bonds is 7. The maximum Gasteiger partial charge on any atom is 0.416 e. The van der Waals surface area contributed by atoms with Crippen LogP contribution in [0.25, 0.3) is 17.2 Å². The molecular weight excluding hydrogens is 491 g/mol. The van der Waals surface area contributed by atoms with Crippen molar-refractivity contribution in [2.75, 3.05) is 0 Å². The zero-order valence-electron chi connectivity index (χ0n) is 18.1. The van der Waals surface area contributed by atoms with Crippen molar-refractivity contribution in [3.8, 4) is 17.2 Å². The molecule has 0 saturated heterocycles. The molecule has 3 heterocycles. The lowest BCUT2D eigenvalue weighted by molar-refractivity contribution is -0.207. The second-order valence-corrected chi connectivity index (χ2v) is 8.04. The summed E-state index contributed by atoms with van der Waals surface area (Å²) in [5, 5.41) is 28.6. The fourth-order valence-corrected chi connectivity index (χ4v) is 3.41. The van der Waals surface area contributed by atoms with Crippen LogP contribution in [-0.2, 0) is 13.1 Å². The van der Waals surface area contributed by atoms with Gasteiger partial charge < -0.3 is 10.2 Å². The number of aliphatic hydroxyl groups excluding tert-OH is 2. The molecule has 10 nitrogen and oxygen atoms in total. The maximum absolute atomic E-state index is 13.0. The minimum atomic E-state index is -4.94. The van der Waals surface area contributed by atoms with Gasteiger partial charge in [-0.25, -0.2) is 19.4 Å². The van der Waals surface area contributed by atoms with Crippen LogP contribution >= 0.6 is 11.6 Å². The van der Waals surface area contributed by atoms with Crippen molar-refractivity contribution in [2.45, 2.75) is 38.4 Å². The normalized spacial score (nSPS) is 13.7. The molecule has 4 rings (SSSR count). The van der Waals surface area contributed by atoms with Crippen molar-refractivity contribution < 1.29 is 23.4 Å². The first-order valence-corrected chi connectivity index (χ1v) is 10.7. The van der Waals surface area contributed by atoms with Gasteiger partial charge in [0.05, 0.1) is 6.54 Å². The summed E-state index contributed by atoms with van der Waals surface area (Å²) in [6.45, 7) is 0.106. The van der Waals surface area contributed by atoms with E-state index < -0.39 is 30.6 Å². The molecule has 0 saturated carbocycles. The Morgan fingerprint density at radius 3 is 2.40 bits per heavy atom. The number of halogens is 4. The number of nitrogens with zero attached hydrogens (tertiary/aromatic N) is 7. The molecule has 0 fully saturated rings. The fourth-order valence-electron chi connectivity index (χ4n) is 3.29. The van der Waals surface area contributed by atoms with E-state index in [2.05, 4.69) is 20.2 Å². The van der Waals surface area contributed by atoms with Crippen LogP contribution in [0.1, 0.15) is 24.7 Å². The third-order valence-electron chi connectivity index (χ3n) is 4.97. The maximum atomic E-state index is 13.0. The number of aliphatic hydroxyl groups is 2. The molecule has 0 radical (unpaired) electrons. The van der Waals surface area contributed by atoms with Crippen molar-refractivity contribution in [3.05, 3.63) is 75.8 Å². The second kappa shape index (κ2) is 9.60. The fraction of sp³-hybridized carbons (Fsp3) is 0.286. The highest BCUT2D eigenvalue weighted by Crippen LogP contribution is 2.24. The van der Waals surface area contributed by atoms with Gasteiger partial charge in [-0.05, 0) is 43.3 Å². The number of pyridine rings is 1. The topological polar surface area (TPSA) is 124 Å². The van der Waals surface area contributed by atoms with Crippen LogP contribution in [0.15, 0.2) is 53.5 Å². The Morgan fingerprint density at radius 1 is 1.09 bits per heavy atom. The van der Waals surface area contributed by atoms with Crippen LogP contribution in [0.3, 0.4) is 0 Å². The Bertz CT molecular complexity index is 1370. The lowest BCUT2D eigenvalue weighted by atomic mass is 10.2. The van der Waals surface area contributed by atoms with Gasteiger partial charge in [0.2, 0.25) is 0 Å². The van der Waals surface area contributed by atoms with E-state index in [1.807, 2.05) is 0 Å². The molecule has 0 bridgehead atoms. The van der Waals surface area contributed by atoms with Gasteiger partial charge in [0.25, 0.3) is 0 Å². The van der Waals surface area contributed by atoms with Gasteiger partial charge in [0.15, 0.2) is 29.4 Å². The predicted octanol–water partition coefficient (Wildman–Crippen LogP) is 2.37. The van der Waals surface area contributed by atoms with E-state index in [9.17, 15) is 28.2 Å². The van der Waals surface area contributed by atoms with Gasteiger partial charge in [-0.15, -0.1) is 10.2 Å². The summed E-state index contributed by atoms with van der Waals surface area (Å²) in [6.07, 6.45) is -7.22. The molecule has 0 spiro atoms. The molecule has 3 aromatic heterocycles. The molecule has 2 atom stereocenters. The van der Waals surface area contributed by atoms with E-state index in [1.165, 1.54) is 42.1 Å². The van der Waals surface area contributed by atoms with Gasteiger partial charge in [0.1, 0.15) is 12.6 Å². The SMILES string of the molecule is C[C@@H](O)c1nc(Cn2nc(-c3ccc(Cl)cc3)n(C[C@H](O)C(F)(F)F)c2=O)nn1-c1ccccn1. The summed E-state index contributed by atoms with van der Waals surface area (Å²) in [4.78, 5) is 21.4. The molecule has 0 aliphatic rings. The molecule has 35 heavy (non-hydrogen) atoms. The summed E-state index contributed by atoms with van der Waals surface area (Å²) in [5.74, 6) is 0.485. The largest absolute Gasteiger partial charge is 0.416 e. The van der Waals surface area contributed by atoms with Crippen LogP contribution in [0.5, 0.6) is 0 Å². The van der Waals surface area contributed by atoms with Crippen molar-refractivity contribution in [1.82, 2.24) is 34.1 Å². The number of benzene rings is 1.